The number of carbonyl (C=O) groups is 3. The number of ether oxygens (including phenoxy) is 1. The Morgan fingerprint density at radius 3 is 1.90 bits per heavy atom. The molecule has 2 aromatic carbocycles. The monoisotopic (exact) mass is 411 g/mol. The minimum absolute atomic E-state index is 0.119. The van der Waals surface area contributed by atoms with E-state index in [0.29, 0.717) is 30.0 Å². The molecular formula is C23H29N3O4. The van der Waals surface area contributed by atoms with E-state index >= 15 is 0 Å². The summed E-state index contributed by atoms with van der Waals surface area (Å²) < 4.78 is 5.66. The molecule has 3 amide bonds. The molecular weight excluding hydrogens is 382 g/mol. The van der Waals surface area contributed by atoms with E-state index in [1.807, 2.05) is 0 Å². The van der Waals surface area contributed by atoms with Gasteiger partial charge in [0.2, 0.25) is 5.91 Å². The van der Waals surface area contributed by atoms with Crippen molar-refractivity contribution in [1.29, 1.82) is 0 Å². The summed E-state index contributed by atoms with van der Waals surface area (Å²) in [7, 11) is 0. The first-order valence-corrected chi connectivity index (χ1v) is 10.2. The summed E-state index contributed by atoms with van der Waals surface area (Å²) in [5, 5.41) is 2.69. The Morgan fingerprint density at radius 1 is 0.800 bits per heavy atom. The molecule has 0 unspecified atom stereocenters. The van der Waals surface area contributed by atoms with Crippen LogP contribution in [-0.2, 0) is 11.3 Å². The van der Waals surface area contributed by atoms with Gasteiger partial charge in [0.25, 0.3) is 11.8 Å². The van der Waals surface area contributed by atoms with Gasteiger partial charge in [0.05, 0.1) is 6.61 Å². The lowest BCUT2D eigenvalue weighted by molar-refractivity contribution is -0.119. The third-order valence-corrected chi connectivity index (χ3v) is 4.43. The lowest BCUT2D eigenvalue weighted by atomic mass is 10.1. The van der Waals surface area contributed by atoms with Crippen molar-refractivity contribution < 1.29 is 19.1 Å². The molecule has 7 heteroatoms. The number of hydrazine groups is 1. The molecule has 0 atom stereocenters. The molecule has 0 heterocycles. The van der Waals surface area contributed by atoms with Crippen LogP contribution in [0.4, 0.5) is 0 Å². The zero-order valence-electron chi connectivity index (χ0n) is 17.5. The van der Waals surface area contributed by atoms with Crippen LogP contribution in [-0.4, -0.2) is 24.3 Å². The maximum Gasteiger partial charge on any atom is 0.269 e. The minimum atomic E-state index is -0.429. The molecule has 160 valence electrons. The minimum Gasteiger partial charge on any atom is -0.494 e. The zero-order valence-corrected chi connectivity index (χ0v) is 17.5. The van der Waals surface area contributed by atoms with E-state index in [4.69, 9.17) is 4.74 Å². The van der Waals surface area contributed by atoms with E-state index in [9.17, 15) is 14.4 Å². The number of amides is 3. The van der Waals surface area contributed by atoms with Crippen molar-refractivity contribution in [1.82, 2.24) is 16.2 Å². The molecule has 30 heavy (non-hydrogen) atoms. The number of nitrogens with one attached hydrogen (secondary N) is 3. The fraction of sp³-hybridized carbons (Fsp3) is 0.348. The Labute approximate surface area is 177 Å². The smallest absolute Gasteiger partial charge is 0.269 e. The standard InChI is InChI=1S/C23H29N3O4/c1-3-4-5-6-15-30-21-13-11-20(12-14-21)23(29)26-25-22(28)19-9-7-18(8-10-19)16-24-17(2)27/h7-14H,3-6,15-16H2,1-2H3,(H,24,27)(H,25,28)(H,26,29). The van der Waals surface area contributed by atoms with Crippen LogP contribution in [0.2, 0.25) is 0 Å². The molecule has 0 saturated carbocycles. The summed E-state index contributed by atoms with van der Waals surface area (Å²) in [6, 6.07) is 13.5. The SMILES string of the molecule is CCCCCCOc1ccc(C(=O)NNC(=O)c2ccc(CNC(C)=O)cc2)cc1. The van der Waals surface area contributed by atoms with Gasteiger partial charge < -0.3 is 10.1 Å². The number of hydrogen-bond acceptors (Lipinski definition) is 4. The van der Waals surface area contributed by atoms with Crippen LogP contribution >= 0.6 is 0 Å². The van der Waals surface area contributed by atoms with E-state index in [1.165, 1.54) is 19.8 Å². The number of rotatable bonds is 10. The van der Waals surface area contributed by atoms with Crippen LogP contribution in [0, 0.1) is 0 Å². The van der Waals surface area contributed by atoms with Crippen LogP contribution in [0.5, 0.6) is 5.75 Å². The molecule has 0 spiro atoms. The molecule has 0 aliphatic carbocycles. The topological polar surface area (TPSA) is 96.5 Å². The lowest BCUT2D eigenvalue weighted by Crippen LogP contribution is -2.41. The van der Waals surface area contributed by atoms with Crippen molar-refractivity contribution in [3.63, 3.8) is 0 Å². The Balaban J connectivity index is 1.77. The van der Waals surface area contributed by atoms with Gasteiger partial charge in [0.15, 0.2) is 0 Å². The second-order valence-electron chi connectivity index (χ2n) is 6.95. The second-order valence-corrected chi connectivity index (χ2v) is 6.95. The van der Waals surface area contributed by atoms with Crippen molar-refractivity contribution in [3.05, 3.63) is 65.2 Å². The van der Waals surface area contributed by atoms with Gasteiger partial charge in [0, 0.05) is 24.6 Å². The number of hydrogen-bond donors (Lipinski definition) is 3. The molecule has 7 nitrogen and oxygen atoms in total. The molecule has 0 aliphatic heterocycles. The molecule has 0 aliphatic rings. The van der Waals surface area contributed by atoms with Crippen molar-refractivity contribution in [2.24, 2.45) is 0 Å². The van der Waals surface area contributed by atoms with E-state index in [0.717, 1.165) is 18.4 Å². The van der Waals surface area contributed by atoms with Gasteiger partial charge >= 0.3 is 0 Å². The highest BCUT2D eigenvalue weighted by molar-refractivity contribution is 5.99. The first-order chi connectivity index (χ1) is 14.5. The number of unbranched alkanes of at least 4 members (excludes halogenated alkanes) is 3. The highest BCUT2D eigenvalue weighted by Crippen LogP contribution is 2.13. The van der Waals surface area contributed by atoms with E-state index in [1.54, 1.807) is 48.5 Å². The van der Waals surface area contributed by atoms with Gasteiger partial charge in [-0.3, -0.25) is 25.2 Å². The lowest BCUT2D eigenvalue weighted by Gasteiger charge is -2.09. The van der Waals surface area contributed by atoms with Gasteiger partial charge in [-0.25, -0.2) is 0 Å². The molecule has 3 N–H and O–H groups in total. The maximum absolute atomic E-state index is 12.2. The van der Waals surface area contributed by atoms with Gasteiger partial charge in [-0.2, -0.15) is 0 Å². The number of carbonyl (C=O) groups excluding carboxylic acids is 3. The summed E-state index contributed by atoms with van der Waals surface area (Å²) in [4.78, 5) is 35.3. The van der Waals surface area contributed by atoms with Crippen molar-refractivity contribution in [2.75, 3.05) is 6.61 Å². The normalized spacial score (nSPS) is 10.2. The molecule has 0 bridgehead atoms. The Kier molecular flexibility index (Phi) is 9.37. The fourth-order valence-corrected chi connectivity index (χ4v) is 2.68. The molecule has 0 aromatic heterocycles. The molecule has 0 saturated heterocycles. The maximum atomic E-state index is 12.2. The molecule has 0 radical (unpaired) electrons. The van der Waals surface area contributed by atoms with Crippen LogP contribution in [0.25, 0.3) is 0 Å². The summed E-state index contributed by atoms with van der Waals surface area (Å²) in [5.41, 5.74) is 6.48. The summed E-state index contributed by atoms with van der Waals surface area (Å²) in [6.07, 6.45) is 4.55. The van der Waals surface area contributed by atoms with Crippen molar-refractivity contribution in [3.8, 4) is 5.75 Å². The van der Waals surface area contributed by atoms with Crippen molar-refractivity contribution in [2.45, 2.75) is 46.1 Å². The van der Waals surface area contributed by atoms with Crippen LogP contribution < -0.4 is 20.9 Å². The van der Waals surface area contributed by atoms with Crippen molar-refractivity contribution >= 4 is 17.7 Å². The largest absolute Gasteiger partial charge is 0.494 e. The Bertz CT molecular complexity index is 833. The first-order valence-electron chi connectivity index (χ1n) is 10.2. The summed E-state index contributed by atoms with van der Waals surface area (Å²) >= 11 is 0. The molecule has 2 rings (SSSR count). The second kappa shape index (κ2) is 12.3. The summed E-state index contributed by atoms with van der Waals surface area (Å²) in [5.74, 6) is -0.251. The van der Waals surface area contributed by atoms with E-state index in [-0.39, 0.29) is 5.91 Å². The van der Waals surface area contributed by atoms with Crippen LogP contribution in [0.15, 0.2) is 48.5 Å². The Hall–Kier alpha value is -3.35. The first kappa shape index (κ1) is 22.9. The molecule has 2 aromatic rings. The third-order valence-electron chi connectivity index (χ3n) is 4.43. The van der Waals surface area contributed by atoms with Gasteiger partial charge in [-0.05, 0) is 48.4 Å². The van der Waals surface area contributed by atoms with Gasteiger partial charge in [-0.1, -0.05) is 38.3 Å². The highest BCUT2D eigenvalue weighted by Gasteiger charge is 2.09. The third kappa shape index (κ3) is 7.95. The zero-order chi connectivity index (χ0) is 21.8. The average Bonchev–Trinajstić information content (AvgIpc) is 2.76. The predicted octanol–water partition coefficient (Wildman–Crippen LogP) is 3.36. The van der Waals surface area contributed by atoms with Crippen LogP contribution in [0.1, 0.15) is 65.8 Å². The summed E-state index contributed by atoms with van der Waals surface area (Å²) in [6.45, 7) is 4.66. The average molecular weight is 412 g/mol. The van der Waals surface area contributed by atoms with Crippen LogP contribution in [0.3, 0.4) is 0 Å². The fourth-order valence-electron chi connectivity index (χ4n) is 2.68. The molecule has 0 fully saturated rings. The quantitative estimate of drug-likeness (QED) is 0.413. The Morgan fingerprint density at radius 2 is 1.37 bits per heavy atom. The highest BCUT2D eigenvalue weighted by atomic mass is 16.5. The van der Waals surface area contributed by atoms with Gasteiger partial charge in [-0.15, -0.1) is 0 Å². The van der Waals surface area contributed by atoms with E-state index in [2.05, 4.69) is 23.1 Å². The number of benzene rings is 2. The van der Waals surface area contributed by atoms with Gasteiger partial charge in [0.1, 0.15) is 5.75 Å². The predicted molar refractivity (Wildman–Crippen MR) is 115 cm³/mol. The van der Waals surface area contributed by atoms with E-state index < -0.39 is 11.8 Å².